The molecule has 0 fully saturated rings. The van der Waals surface area contributed by atoms with E-state index >= 15 is 0 Å². The number of methoxy groups -OCH3 is 1. The fraction of sp³-hybridized carbons (Fsp3) is 0.154. The average molecular weight is 522 g/mol. The van der Waals surface area contributed by atoms with E-state index in [9.17, 15) is 9.59 Å². The van der Waals surface area contributed by atoms with Crippen LogP contribution in [-0.2, 0) is 0 Å². The average Bonchev–Trinajstić information content (AvgIpc) is 3.22. The summed E-state index contributed by atoms with van der Waals surface area (Å²) in [5.41, 5.74) is 3.52. The molecule has 0 aliphatic rings. The Balaban J connectivity index is 1.66. The fourth-order valence-electron chi connectivity index (χ4n) is 3.91. The predicted octanol–water partition coefficient (Wildman–Crippen LogP) is 6.25. The van der Waals surface area contributed by atoms with E-state index in [-0.39, 0.29) is 17.1 Å². The minimum Gasteiger partial charge on any atom is -0.497 e. The van der Waals surface area contributed by atoms with E-state index in [2.05, 4.69) is 4.98 Å². The molecule has 3 heterocycles. The third-order valence-corrected chi connectivity index (χ3v) is 7.84. The summed E-state index contributed by atoms with van der Waals surface area (Å²) in [6, 6.07) is 15.9. The van der Waals surface area contributed by atoms with Gasteiger partial charge in [0.15, 0.2) is 10.9 Å². The van der Waals surface area contributed by atoms with Crippen LogP contribution in [0.15, 0.2) is 64.5 Å². The van der Waals surface area contributed by atoms with Crippen LogP contribution in [0.3, 0.4) is 0 Å². The maximum Gasteiger partial charge on any atom is 0.276 e. The molecule has 2 aromatic carbocycles. The van der Waals surface area contributed by atoms with Crippen LogP contribution in [0.5, 0.6) is 5.75 Å². The topological polar surface area (TPSA) is 74.1 Å². The molecule has 5 aromatic rings. The number of halogens is 1. The molecular formula is C26H20ClN3O3S2. The lowest BCUT2D eigenvalue weighted by molar-refractivity contribution is 0.102. The van der Waals surface area contributed by atoms with Gasteiger partial charge in [0.05, 0.1) is 24.1 Å². The lowest BCUT2D eigenvalue weighted by Gasteiger charge is -2.12. The van der Waals surface area contributed by atoms with Crippen LogP contribution < -0.4 is 10.3 Å². The molecule has 0 aliphatic carbocycles. The van der Waals surface area contributed by atoms with Gasteiger partial charge in [-0.2, -0.15) is 0 Å². The summed E-state index contributed by atoms with van der Waals surface area (Å²) in [6.45, 7) is 3.93. The van der Waals surface area contributed by atoms with E-state index in [4.69, 9.17) is 21.3 Å². The SMILES string of the molecule is COc1ccc(-n2c(SCC(=O)c3ccc(Cl)cc3)nc3c(sc4nc(C)cc(C)c43)c2=O)cc1. The summed E-state index contributed by atoms with van der Waals surface area (Å²) in [7, 11) is 1.59. The number of pyridine rings is 1. The molecular weight excluding hydrogens is 502 g/mol. The highest BCUT2D eigenvalue weighted by molar-refractivity contribution is 7.99. The van der Waals surface area contributed by atoms with Crippen LogP contribution in [-0.4, -0.2) is 33.2 Å². The van der Waals surface area contributed by atoms with Gasteiger partial charge in [0.1, 0.15) is 15.3 Å². The molecule has 0 bridgehead atoms. The zero-order valence-electron chi connectivity index (χ0n) is 19.2. The van der Waals surface area contributed by atoms with Crippen LogP contribution in [0.4, 0.5) is 0 Å². The number of nitrogens with zero attached hydrogens (tertiary/aromatic N) is 3. The van der Waals surface area contributed by atoms with Gasteiger partial charge in [-0.3, -0.25) is 14.2 Å². The molecule has 35 heavy (non-hydrogen) atoms. The smallest absolute Gasteiger partial charge is 0.276 e. The molecule has 9 heteroatoms. The van der Waals surface area contributed by atoms with E-state index < -0.39 is 0 Å². The number of rotatable bonds is 6. The minimum atomic E-state index is -0.193. The van der Waals surface area contributed by atoms with Crippen molar-refractivity contribution < 1.29 is 9.53 Å². The molecule has 0 spiro atoms. The fourth-order valence-corrected chi connectivity index (χ4v) is 6.11. The van der Waals surface area contributed by atoms with Crippen molar-refractivity contribution in [3.63, 3.8) is 0 Å². The normalized spacial score (nSPS) is 11.3. The quantitative estimate of drug-likeness (QED) is 0.149. The van der Waals surface area contributed by atoms with Gasteiger partial charge in [0.25, 0.3) is 5.56 Å². The van der Waals surface area contributed by atoms with E-state index in [1.165, 1.54) is 23.1 Å². The van der Waals surface area contributed by atoms with Crippen molar-refractivity contribution in [2.24, 2.45) is 0 Å². The number of ketones is 1. The highest BCUT2D eigenvalue weighted by Gasteiger charge is 2.20. The van der Waals surface area contributed by atoms with Gasteiger partial charge in [-0.25, -0.2) is 9.97 Å². The summed E-state index contributed by atoms with van der Waals surface area (Å²) in [6.07, 6.45) is 0. The van der Waals surface area contributed by atoms with Crippen molar-refractivity contribution in [3.8, 4) is 11.4 Å². The lowest BCUT2D eigenvalue weighted by Crippen LogP contribution is -2.21. The van der Waals surface area contributed by atoms with Gasteiger partial charge in [-0.15, -0.1) is 11.3 Å². The molecule has 0 amide bonds. The second kappa shape index (κ2) is 9.45. The Bertz CT molecular complexity index is 1640. The molecule has 0 unspecified atom stereocenters. The number of thioether (sulfide) groups is 1. The summed E-state index contributed by atoms with van der Waals surface area (Å²) in [5.74, 6) is 0.722. The number of benzene rings is 2. The number of aryl methyl sites for hydroxylation is 2. The third-order valence-electron chi connectivity index (χ3n) is 5.59. The standard InChI is InChI=1S/C26H20ClN3O3S2/c1-14-12-15(2)28-24-21(14)22-23(35-24)25(32)30(18-8-10-19(33-3)11-9-18)26(29-22)34-13-20(31)16-4-6-17(27)7-5-16/h4-12H,13H2,1-3H3. The number of carbonyl (C=O) groups excluding carboxylic acids is 1. The maximum atomic E-state index is 13.8. The van der Waals surface area contributed by atoms with E-state index in [0.29, 0.717) is 37.4 Å². The Kier molecular flexibility index (Phi) is 6.35. The van der Waals surface area contributed by atoms with Crippen LogP contribution in [0.2, 0.25) is 5.02 Å². The van der Waals surface area contributed by atoms with Gasteiger partial charge in [-0.1, -0.05) is 23.4 Å². The van der Waals surface area contributed by atoms with Crippen LogP contribution in [0.1, 0.15) is 21.6 Å². The van der Waals surface area contributed by atoms with Gasteiger partial charge < -0.3 is 4.74 Å². The first-order chi connectivity index (χ1) is 16.9. The zero-order chi connectivity index (χ0) is 24.7. The number of Topliss-reactive ketones (excluding diaryl/α,β-unsaturated/α-hetero) is 1. The summed E-state index contributed by atoms with van der Waals surface area (Å²) >= 11 is 8.53. The second-order valence-electron chi connectivity index (χ2n) is 7.99. The van der Waals surface area contributed by atoms with Crippen LogP contribution in [0, 0.1) is 13.8 Å². The molecule has 5 rings (SSSR count). The third kappa shape index (κ3) is 4.45. The number of hydrogen-bond acceptors (Lipinski definition) is 7. The van der Waals surface area contributed by atoms with E-state index in [0.717, 1.165) is 21.5 Å². The van der Waals surface area contributed by atoms with Gasteiger partial charge >= 0.3 is 0 Å². The van der Waals surface area contributed by atoms with Gasteiger partial charge in [-0.05, 0) is 74.0 Å². The van der Waals surface area contributed by atoms with Gasteiger partial charge in [0.2, 0.25) is 0 Å². The summed E-state index contributed by atoms with van der Waals surface area (Å²) < 4.78 is 7.36. The van der Waals surface area contributed by atoms with Crippen molar-refractivity contribution >= 4 is 60.9 Å². The zero-order valence-corrected chi connectivity index (χ0v) is 21.6. The number of aromatic nitrogens is 3. The molecule has 0 N–H and O–H groups in total. The first kappa shape index (κ1) is 23.5. The van der Waals surface area contributed by atoms with Crippen LogP contribution >= 0.6 is 34.7 Å². The Morgan fingerprint density at radius 1 is 1.09 bits per heavy atom. The molecule has 0 aliphatic heterocycles. The van der Waals surface area contributed by atoms with Gasteiger partial charge in [0, 0.05) is 21.7 Å². The molecule has 0 radical (unpaired) electrons. The highest BCUT2D eigenvalue weighted by Crippen LogP contribution is 2.34. The Morgan fingerprint density at radius 3 is 2.49 bits per heavy atom. The first-order valence-electron chi connectivity index (χ1n) is 10.7. The first-order valence-corrected chi connectivity index (χ1v) is 12.9. The molecule has 0 saturated carbocycles. The molecule has 176 valence electrons. The van der Waals surface area contributed by atoms with E-state index in [1.54, 1.807) is 60.2 Å². The monoisotopic (exact) mass is 521 g/mol. The lowest BCUT2D eigenvalue weighted by atomic mass is 10.1. The predicted molar refractivity (Wildman–Crippen MR) is 143 cm³/mol. The Hall–Kier alpha value is -3.20. The number of thiophene rings is 1. The van der Waals surface area contributed by atoms with E-state index in [1.807, 2.05) is 19.9 Å². The molecule has 0 saturated heterocycles. The number of hydrogen-bond donors (Lipinski definition) is 0. The molecule has 6 nitrogen and oxygen atoms in total. The van der Waals surface area contributed by atoms with Crippen molar-refractivity contribution in [1.82, 2.24) is 14.5 Å². The highest BCUT2D eigenvalue weighted by atomic mass is 35.5. The van der Waals surface area contributed by atoms with Crippen molar-refractivity contribution in [2.75, 3.05) is 12.9 Å². The Morgan fingerprint density at radius 2 is 1.80 bits per heavy atom. The number of carbonyl (C=O) groups is 1. The largest absolute Gasteiger partial charge is 0.497 e. The van der Waals surface area contributed by atoms with Crippen molar-refractivity contribution in [1.29, 1.82) is 0 Å². The molecule has 0 atom stereocenters. The van der Waals surface area contributed by atoms with Crippen LogP contribution in [0.25, 0.3) is 26.1 Å². The van der Waals surface area contributed by atoms with Crippen molar-refractivity contribution in [3.05, 3.63) is 86.8 Å². The summed E-state index contributed by atoms with van der Waals surface area (Å²) in [4.78, 5) is 37.0. The maximum absolute atomic E-state index is 13.8. The number of ether oxygens (including phenoxy) is 1. The minimum absolute atomic E-state index is 0.0778. The second-order valence-corrected chi connectivity index (χ2v) is 10.4. The van der Waals surface area contributed by atoms with Crippen molar-refractivity contribution in [2.45, 2.75) is 19.0 Å². The molecule has 3 aromatic heterocycles. The summed E-state index contributed by atoms with van der Waals surface area (Å²) in [5, 5.41) is 1.88. The Labute approximate surface area is 214 Å². The number of fused-ring (bicyclic) bond motifs is 3.